The van der Waals surface area contributed by atoms with Crippen LogP contribution < -0.4 is 5.32 Å². The maximum atomic E-state index is 12.2. The summed E-state index contributed by atoms with van der Waals surface area (Å²) in [4.78, 5) is 28.6. The fourth-order valence-corrected chi connectivity index (χ4v) is 2.44. The molecule has 0 atom stereocenters. The summed E-state index contributed by atoms with van der Waals surface area (Å²) in [5, 5.41) is 7.70. The summed E-state index contributed by atoms with van der Waals surface area (Å²) >= 11 is 0. The Morgan fingerprint density at radius 2 is 1.85 bits per heavy atom. The SMILES string of the molecule is CCOC(=O)Nc1c(C(=O)OCC)cnn1-c1ccc2ccccc2n1. The highest BCUT2D eigenvalue weighted by atomic mass is 16.5. The van der Waals surface area contributed by atoms with Crippen molar-refractivity contribution in [2.45, 2.75) is 13.8 Å². The summed E-state index contributed by atoms with van der Waals surface area (Å²) < 4.78 is 11.3. The molecule has 0 saturated carbocycles. The Balaban J connectivity index is 2.06. The molecule has 0 aliphatic heterocycles. The molecule has 0 radical (unpaired) electrons. The summed E-state index contributed by atoms with van der Waals surface area (Å²) in [5.74, 6) is 0.00191. The lowest BCUT2D eigenvalue weighted by Crippen LogP contribution is -2.19. The molecule has 1 amide bonds. The third kappa shape index (κ3) is 3.49. The van der Waals surface area contributed by atoms with E-state index in [1.54, 1.807) is 19.9 Å². The Hall–Kier alpha value is -3.42. The number of para-hydroxylation sites is 1. The number of aromatic nitrogens is 3. The van der Waals surface area contributed by atoms with Gasteiger partial charge in [0.2, 0.25) is 0 Å². The lowest BCUT2D eigenvalue weighted by Gasteiger charge is -2.11. The molecule has 3 aromatic rings. The molecule has 1 N–H and O–H groups in total. The van der Waals surface area contributed by atoms with Crippen LogP contribution in [0, 0.1) is 0 Å². The van der Waals surface area contributed by atoms with E-state index in [0.29, 0.717) is 5.82 Å². The zero-order valence-electron chi connectivity index (χ0n) is 14.4. The molecule has 0 bridgehead atoms. The van der Waals surface area contributed by atoms with E-state index in [1.165, 1.54) is 10.9 Å². The monoisotopic (exact) mass is 354 g/mol. The van der Waals surface area contributed by atoms with E-state index in [-0.39, 0.29) is 24.6 Å². The Morgan fingerprint density at radius 3 is 2.62 bits per heavy atom. The van der Waals surface area contributed by atoms with E-state index in [0.717, 1.165) is 10.9 Å². The van der Waals surface area contributed by atoms with E-state index < -0.39 is 12.1 Å². The molecule has 8 nitrogen and oxygen atoms in total. The maximum Gasteiger partial charge on any atom is 0.412 e. The van der Waals surface area contributed by atoms with Crippen LogP contribution in [0.3, 0.4) is 0 Å². The van der Waals surface area contributed by atoms with Crippen molar-refractivity contribution in [2.75, 3.05) is 18.5 Å². The molecule has 0 unspecified atom stereocenters. The van der Waals surface area contributed by atoms with Crippen molar-refractivity contribution in [1.29, 1.82) is 0 Å². The number of carbonyl (C=O) groups is 2. The quantitative estimate of drug-likeness (QED) is 0.707. The van der Waals surface area contributed by atoms with Gasteiger partial charge in [-0.2, -0.15) is 9.78 Å². The first-order valence-corrected chi connectivity index (χ1v) is 8.19. The molecule has 0 aliphatic rings. The molecular weight excluding hydrogens is 336 g/mol. The van der Waals surface area contributed by atoms with Gasteiger partial charge in [-0.3, -0.25) is 5.32 Å². The predicted molar refractivity (Wildman–Crippen MR) is 95.5 cm³/mol. The second-order valence-corrected chi connectivity index (χ2v) is 5.25. The van der Waals surface area contributed by atoms with Gasteiger partial charge in [-0.05, 0) is 32.0 Å². The number of nitrogens with one attached hydrogen (secondary N) is 1. The highest BCUT2D eigenvalue weighted by Crippen LogP contribution is 2.22. The largest absolute Gasteiger partial charge is 0.462 e. The number of nitrogens with zero attached hydrogens (tertiary/aromatic N) is 3. The van der Waals surface area contributed by atoms with Gasteiger partial charge in [-0.25, -0.2) is 14.6 Å². The van der Waals surface area contributed by atoms with E-state index in [2.05, 4.69) is 15.4 Å². The number of hydrogen-bond donors (Lipinski definition) is 1. The minimum atomic E-state index is -0.694. The number of anilines is 1. The summed E-state index contributed by atoms with van der Waals surface area (Å²) in [5.41, 5.74) is 0.884. The van der Waals surface area contributed by atoms with Crippen molar-refractivity contribution >= 4 is 28.8 Å². The molecule has 0 spiro atoms. The van der Waals surface area contributed by atoms with Gasteiger partial charge in [-0.15, -0.1) is 0 Å². The Bertz CT molecular complexity index is 951. The molecule has 0 saturated heterocycles. The summed E-state index contributed by atoms with van der Waals surface area (Å²) in [6.45, 7) is 3.79. The lowest BCUT2D eigenvalue weighted by molar-refractivity contribution is 0.0527. The van der Waals surface area contributed by atoms with Crippen LogP contribution in [0.15, 0.2) is 42.6 Å². The van der Waals surface area contributed by atoms with Gasteiger partial charge in [0.15, 0.2) is 11.6 Å². The van der Waals surface area contributed by atoms with Crippen molar-refractivity contribution in [3.8, 4) is 5.82 Å². The molecule has 2 aromatic heterocycles. The van der Waals surface area contributed by atoms with Gasteiger partial charge in [-0.1, -0.05) is 18.2 Å². The average Bonchev–Trinajstić information content (AvgIpc) is 3.05. The number of ether oxygens (including phenoxy) is 2. The van der Waals surface area contributed by atoms with Crippen LogP contribution in [0.4, 0.5) is 10.6 Å². The third-order valence-electron chi connectivity index (χ3n) is 3.56. The second kappa shape index (κ2) is 7.64. The van der Waals surface area contributed by atoms with Crippen molar-refractivity contribution < 1.29 is 19.1 Å². The molecule has 0 fully saturated rings. The van der Waals surface area contributed by atoms with Crippen molar-refractivity contribution in [3.63, 3.8) is 0 Å². The number of hydrogen-bond acceptors (Lipinski definition) is 6. The molecular formula is C18H18N4O4. The van der Waals surface area contributed by atoms with Crippen molar-refractivity contribution in [3.05, 3.63) is 48.2 Å². The molecule has 2 heterocycles. The number of pyridine rings is 1. The van der Waals surface area contributed by atoms with E-state index in [1.807, 2.05) is 30.3 Å². The topological polar surface area (TPSA) is 95.3 Å². The fraction of sp³-hybridized carbons (Fsp3) is 0.222. The second-order valence-electron chi connectivity index (χ2n) is 5.25. The minimum absolute atomic E-state index is 0.120. The van der Waals surface area contributed by atoms with Gasteiger partial charge >= 0.3 is 12.1 Å². The number of esters is 1. The van der Waals surface area contributed by atoms with Gasteiger partial charge in [0.1, 0.15) is 5.56 Å². The first-order chi connectivity index (χ1) is 12.6. The average molecular weight is 354 g/mol. The Labute approximate surface area is 149 Å². The molecule has 26 heavy (non-hydrogen) atoms. The number of fused-ring (bicyclic) bond motifs is 1. The standard InChI is InChI=1S/C18H18N4O4/c1-3-25-17(23)13-11-19-22(16(13)21-18(24)26-4-2)15-10-9-12-7-5-6-8-14(12)20-15/h5-11H,3-4H2,1-2H3,(H,21,24). The van der Waals surface area contributed by atoms with Crippen LogP contribution in [0.2, 0.25) is 0 Å². The Kier molecular flexibility index (Phi) is 5.12. The fourth-order valence-electron chi connectivity index (χ4n) is 2.44. The maximum absolute atomic E-state index is 12.2. The molecule has 134 valence electrons. The zero-order valence-corrected chi connectivity index (χ0v) is 14.4. The minimum Gasteiger partial charge on any atom is -0.462 e. The predicted octanol–water partition coefficient (Wildman–Crippen LogP) is 3.17. The smallest absolute Gasteiger partial charge is 0.412 e. The molecule has 3 rings (SSSR count). The van der Waals surface area contributed by atoms with Crippen LogP contribution in [0.5, 0.6) is 0 Å². The van der Waals surface area contributed by atoms with E-state index in [4.69, 9.17) is 9.47 Å². The number of carbonyl (C=O) groups excluding carboxylic acids is 2. The zero-order chi connectivity index (χ0) is 18.5. The normalized spacial score (nSPS) is 10.5. The molecule has 8 heteroatoms. The molecule has 1 aromatic carbocycles. The van der Waals surface area contributed by atoms with Crippen molar-refractivity contribution in [1.82, 2.24) is 14.8 Å². The highest BCUT2D eigenvalue weighted by Gasteiger charge is 2.22. The van der Waals surface area contributed by atoms with Gasteiger partial charge < -0.3 is 9.47 Å². The first-order valence-electron chi connectivity index (χ1n) is 8.19. The van der Waals surface area contributed by atoms with Crippen molar-refractivity contribution in [2.24, 2.45) is 0 Å². The van der Waals surface area contributed by atoms with Crippen LogP contribution in [0.25, 0.3) is 16.7 Å². The van der Waals surface area contributed by atoms with E-state index >= 15 is 0 Å². The highest BCUT2D eigenvalue weighted by molar-refractivity contribution is 5.99. The van der Waals surface area contributed by atoms with E-state index in [9.17, 15) is 9.59 Å². The molecule has 0 aliphatic carbocycles. The van der Waals surface area contributed by atoms with Crippen LogP contribution in [-0.4, -0.2) is 40.0 Å². The van der Waals surface area contributed by atoms with Gasteiger partial charge in [0.05, 0.1) is 24.9 Å². The number of rotatable bonds is 5. The van der Waals surface area contributed by atoms with Crippen LogP contribution >= 0.6 is 0 Å². The third-order valence-corrected chi connectivity index (χ3v) is 3.56. The Morgan fingerprint density at radius 1 is 1.08 bits per heavy atom. The lowest BCUT2D eigenvalue weighted by atomic mass is 10.2. The summed E-state index contributed by atoms with van der Waals surface area (Å²) in [7, 11) is 0. The first kappa shape index (κ1) is 17.4. The number of amides is 1. The van der Waals surface area contributed by atoms with Crippen LogP contribution in [-0.2, 0) is 9.47 Å². The number of benzene rings is 1. The van der Waals surface area contributed by atoms with Gasteiger partial charge in [0.25, 0.3) is 0 Å². The summed E-state index contributed by atoms with van der Waals surface area (Å²) in [6, 6.07) is 11.2. The van der Waals surface area contributed by atoms with Gasteiger partial charge in [0, 0.05) is 5.39 Å². The van der Waals surface area contributed by atoms with Crippen LogP contribution in [0.1, 0.15) is 24.2 Å². The summed E-state index contributed by atoms with van der Waals surface area (Å²) in [6.07, 6.45) is 0.636.